The molecule has 17 heavy (non-hydrogen) atoms. The first-order valence-corrected chi connectivity index (χ1v) is 7.34. The zero-order chi connectivity index (χ0) is 12.3. The number of nitrogens with one attached hydrogen (secondary N) is 1. The molecule has 0 aromatic rings. The van der Waals surface area contributed by atoms with Crippen LogP contribution in [-0.2, 0) is 9.59 Å². The largest absolute Gasteiger partial charge is 0.481 e. The first-order valence-electron chi connectivity index (χ1n) is 6.29. The Morgan fingerprint density at radius 1 is 1.24 bits per heavy atom. The van der Waals surface area contributed by atoms with E-state index in [1.54, 1.807) is 0 Å². The molecule has 0 radical (unpaired) electrons. The van der Waals surface area contributed by atoms with Gasteiger partial charge in [-0.25, -0.2) is 0 Å². The van der Waals surface area contributed by atoms with Crippen LogP contribution in [-0.4, -0.2) is 34.5 Å². The standard InChI is InChI=1S/C12H19NO3S/c14-11(13-7-10-2-1-5-17-10)8-3-4-9(6-8)12(15)16/h8-10H,1-7H2,(H,13,14)(H,15,16). The second-order valence-electron chi connectivity index (χ2n) is 4.93. The van der Waals surface area contributed by atoms with Crippen molar-refractivity contribution in [2.45, 2.75) is 37.4 Å². The van der Waals surface area contributed by atoms with Gasteiger partial charge in [-0.1, -0.05) is 0 Å². The minimum Gasteiger partial charge on any atom is -0.481 e. The average molecular weight is 257 g/mol. The summed E-state index contributed by atoms with van der Waals surface area (Å²) in [4.78, 5) is 22.7. The van der Waals surface area contributed by atoms with Crippen molar-refractivity contribution in [3.05, 3.63) is 0 Å². The summed E-state index contributed by atoms with van der Waals surface area (Å²) in [5.74, 6) is 0.104. The molecule has 5 heteroatoms. The van der Waals surface area contributed by atoms with Crippen LogP contribution in [0.1, 0.15) is 32.1 Å². The Bertz CT molecular complexity index is 302. The van der Waals surface area contributed by atoms with E-state index in [1.807, 2.05) is 11.8 Å². The van der Waals surface area contributed by atoms with Crippen molar-refractivity contribution in [1.29, 1.82) is 0 Å². The molecule has 0 bridgehead atoms. The first kappa shape index (κ1) is 12.7. The van der Waals surface area contributed by atoms with Gasteiger partial charge in [-0.3, -0.25) is 9.59 Å². The van der Waals surface area contributed by atoms with E-state index in [2.05, 4.69) is 5.32 Å². The van der Waals surface area contributed by atoms with Crippen LogP contribution in [0.4, 0.5) is 0 Å². The van der Waals surface area contributed by atoms with Crippen molar-refractivity contribution in [3.8, 4) is 0 Å². The molecule has 0 spiro atoms. The molecule has 2 aliphatic rings. The van der Waals surface area contributed by atoms with E-state index in [0.717, 1.165) is 13.0 Å². The molecular formula is C12H19NO3S. The monoisotopic (exact) mass is 257 g/mol. The van der Waals surface area contributed by atoms with Gasteiger partial charge in [0.05, 0.1) is 5.92 Å². The molecule has 2 fully saturated rings. The number of carboxylic acid groups (broad SMARTS) is 1. The van der Waals surface area contributed by atoms with Crippen molar-refractivity contribution in [1.82, 2.24) is 5.32 Å². The lowest BCUT2D eigenvalue weighted by atomic mass is 10.0. The third-order valence-electron chi connectivity index (χ3n) is 3.68. The van der Waals surface area contributed by atoms with Crippen molar-refractivity contribution >= 4 is 23.6 Å². The third-order valence-corrected chi connectivity index (χ3v) is 5.08. The molecule has 0 aromatic heterocycles. The molecule has 1 amide bonds. The fourth-order valence-electron chi connectivity index (χ4n) is 2.61. The summed E-state index contributed by atoms with van der Waals surface area (Å²) < 4.78 is 0. The van der Waals surface area contributed by atoms with Crippen LogP contribution in [0.25, 0.3) is 0 Å². The molecule has 2 N–H and O–H groups in total. The first-order chi connectivity index (χ1) is 8.16. The Labute approximate surface area is 106 Å². The Hall–Kier alpha value is -0.710. The van der Waals surface area contributed by atoms with Crippen LogP contribution >= 0.6 is 11.8 Å². The molecule has 3 atom stereocenters. The quantitative estimate of drug-likeness (QED) is 0.801. The molecule has 1 saturated carbocycles. The summed E-state index contributed by atoms with van der Waals surface area (Å²) in [5.41, 5.74) is 0. The summed E-state index contributed by atoms with van der Waals surface area (Å²) in [7, 11) is 0. The number of aliphatic carboxylic acids is 1. The van der Waals surface area contributed by atoms with E-state index in [0.29, 0.717) is 18.1 Å². The summed E-state index contributed by atoms with van der Waals surface area (Å²) in [6.07, 6.45) is 4.31. The fraction of sp³-hybridized carbons (Fsp3) is 0.833. The summed E-state index contributed by atoms with van der Waals surface area (Å²) >= 11 is 1.92. The average Bonchev–Trinajstić information content (AvgIpc) is 2.96. The molecule has 1 heterocycles. The maximum absolute atomic E-state index is 11.9. The maximum atomic E-state index is 11.9. The van der Waals surface area contributed by atoms with Crippen LogP contribution in [0.5, 0.6) is 0 Å². The van der Waals surface area contributed by atoms with Crippen molar-refractivity contribution in [3.63, 3.8) is 0 Å². The van der Waals surface area contributed by atoms with Crippen LogP contribution in [0, 0.1) is 11.8 Å². The molecule has 4 nitrogen and oxygen atoms in total. The van der Waals surface area contributed by atoms with Crippen LogP contribution in [0.15, 0.2) is 0 Å². The molecule has 1 saturated heterocycles. The number of hydrogen-bond donors (Lipinski definition) is 2. The van der Waals surface area contributed by atoms with Gasteiger partial charge >= 0.3 is 5.97 Å². The Morgan fingerprint density at radius 3 is 2.59 bits per heavy atom. The van der Waals surface area contributed by atoms with Gasteiger partial charge in [0.2, 0.25) is 5.91 Å². The van der Waals surface area contributed by atoms with E-state index in [-0.39, 0.29) is 17.7 Å². The highest BCUT2D eigenvalue weighted by molar-refractivity contribution is 8.00. The minimum absolute atomic E-state index is 0.0567. The van der Waals surface area contributed by atoms with Gasteiger partial charge in [-0.05, 0) is 37.9 Å². The smallest absolute Gasteiger partial charge is 0.306 e. The van der Waals surface area contributed by atoms with Gasteiger partial charge in [-0.2, -0.15) is 11.8 Å². The second kappa shape index (κ2) is 5.76. The zero-order valence-electron chi connectivity index (χ0n) is 9.85. The number of amides is 1. The molecular weight excluding hydrogens is 238 g/mol. The number of rotatable bonds is 4. The number of thioether (sulfide) groups is 1. The highest BCUT2D eigenvalue weighted by Gasteiger charge is 2.33. The van der Waals surface area contributed by atoms with Gasteiger partial charge in [-0.15, -0.1) is 0 Å². The van der Waals surface area contributed by atoms with E-state index in [1.165, 1.54) is 18.6 Å². The van der Waals surface area contributed by atoms with Crippen LogP contribution < -0.4 is 5.32 Å². The lowest BCUT2D eigenvalue weighted by Crippen LogP contribution is -2.34. The molecule has 1 aliphatic heterocycles. The van der Waals surface area contributed by atoms with E-state index in [4.69, 9.17) is 5.11 Å². The summed E-state index contributed by atoms with van der Waals surface area (Å²) in [6, 6.07) is 0. The third kappa shape index (κ3) is 3.37. The highest BCUT2D eigenvalue weighted by atomic mass is 32.2. The van der Waals surface area contributed by atoms with E-state index >= 15 is 0 Å². The Kier molecular flexibility index (Phi) is 4.31. The maximum Gasteiger partial charge on any atom is 0.306 e. The van der Waals surface area contributed by atoms with Gasteiger partial charge in [0.1, 0.15) is 0 Å². The van der Waals surface area contributed by atoms with Gasteiger partial charge in [0.25, 0.3) is 0 Å². The summed E-state index contributed by atoms with van der Waals surface area (Å²) in [5, 5.41) is 12.4. The summed E-state index contributed by atoms with van der Waals surface area (Å²) in [6.45, 7) is 0.748. The van der Waals surface area contributed by atoms with Crippen molar-refractivity contribution < 1.29 is 14.7 Å². The van der Waals surface area contributed by atoms with E-state index < -0.39 is 5.97 Å². The molecule has 96 valence electrons. The second-order valence-corrected chi connectivity index (χ2v) is 6.33. The number of carbonyl (C=O) groups excluding carboxylic acids is 1. The van der Waals surface area contributed by atoms with Gasteiger partial charge < -0.3 is 10.4 Å². The number of carbonyl (C=O) groups is 2. The number of carboxylic acids is 1. The highest BCUT2D eigenvalue weighted by Crippen LogP contribution is 2.31. The lowest BCUT2D eigenvalue weighted by molar-refractivity contribution is -0.141. The molecule has 0 aromatic carbocycles. The normalized spacial score (nSPS) is 32.6. The fourth-order valence-corrected chi connectivity index (χ4v) is 3.81. The van der Waals surface area contributed by atoms with Crippen LogP contribution in [0.2, 0.25) is 0 Å². The van der Waals surface area contributed by atoms with Crippen molar-refractivity contribution in [2.24, 2.45) is 11.8 Å². The predicted molar refractivity (Wildman–Crippen MR) is 67.0 cm³/mol. The SMILES string of the molecule is O=C(O)C1CCC(C(=O)NCC2CCCS2)C1. The molecule has 2 rings (SSSR count). The molecule has 3 unspecified atom stereocenters. The molecule has 1 aliphatic carbocycles. The van der Waals surface area contributed by atoms with E-state index in [9.17, 15) is 9.59 Å². The Morgan fingerprint density at radius 2 is 2.00 bits per heavy atom. The van der Waals surface area contributed by atoms with Gasteiger partial charge in [0.15, 0.2) is 0 Å². The predicted octanol–water partition coefficient (Wildman–Crippen LogP) is 1.50. The zero-order valence-corrected chi connectivity index (χ0v) is 10.7. The van der Waals surface area contributed by atoms with Crippen LogP contribution in [0.3, 0.4) is 0 Å². The van der Waals surface area contributed by atoms with Crippen molar-refractivity contribution in [2.75, 3.05) is 12.3 Å². The number of hydrogen-bond acceptors (Lipinski definition) is 3. The topological polar surface area (TPSA) is 66.4 Å². The lowest BCUT2D eigenvalue weighted by Gasteiger charge is -2.13. The minimum atomic E-state index is -0.758. The Balaban J connectivity index is 1.71. The van der Waals surface area contributed by atoms with Gasteiger partial charge in [0, 0.05) is 17.7 Å².